The van der Waals surface area contributed by atoms with E-state index in [-0.39, 0.29) is 25.6 Å². The van der Waals surface area contributed by atoms with E-state index >= 15 is 0 Å². The molecule has 1 aliphatic rings. The molecule has 0 fully saturated rings. The number of carbonyl (C=O) groups is 1. The van der Waals surface area contributed by atoms with Crippen LogP contribution < -0.4 is 0 Å². The molecule has 110 valence electrons. The molecule has 7 nitrogen and oxygen atoms in total. The molecule has 1 rings (SSSR count). The summed E-state index contributed by atoms with van der Waals surface area (Å²) >= 11 is 0. The maximum atomic E-state index is 12.4. The molecule has 8 heteroatoms. The number of esters is 1. The van der Waals surface area contributed by atoms with Crippen molar-refractivity contribution in [3.05, 3.63) is 0 Å². The van der Waals surface area contributed by atoms with E-state index in [1.165, 1.54) is 7.11 Å². The molecule has 1 atom stereocenters. The lowest BCUT2D eigenvalue weighted by atomic mass is 10.2. The Morgan fingerprint density at radius 1 is 1.42 bits per heavy atom. The molecule has 0 spiro atoms. The van der Waals surface area contributed by atoms with Gasteiger partial charge in [-0.3, -0.25) is 9.36 Å². The Labute approximate surface area is 112 Å². The zero-order chi connectivity index (χ0) is 14.3. The minimum Gasteiger partial charge on any atom is -0.469 e. The van der Waals surface area contributed by atoms with E-state index in [0.717, 1.165) is 0 Å². The van der Waals surface area contributed by atoms with Crippen molar-refractivity contribution < 1.29 is 28.0 Å². The van der Waals surface area contributed by atoms with Crippen LogP contribution >= 0.6 is 7.60 Å². The Morgan fingerprint density at radius 2 is 2.05 bits per heavy atom. The minimum absolute atomic E-state index is 0.221. The summed E-state index contributed by atoms with van der Waals surface area (Å²) in [4.78, 5) is 16.2. The fourth-order valence-corrected chi connectivity index (χ4v) is 3.36. The molecule has 0 bridgehead atoms. The van der Waals surface area contributed by atoms with Gasteiger partial charge < -0.3 is 18.6 Å². The van der Waals surface area contributed by atoms with Crippen LogP contribution in [-0.2, 0) is 28.0 Å². The number of ether oxygens (including phenoxy) is 1. The van der Waals surface area contributed by atoms with Crippen molar-refractivity contribution >= 4 is 19.3 Å². The van der Waals surface area contributed by atoms with Gasteiger partial charge in [0.15, 0.2) is 0 Å². The lowest BCUT2D eigenvalue weighted by Gasteiger charge is -2.20. The third-order valence-corrected chi connectivity index (χ3v) is 4.75. The van der Waals surface area contributed by atoms with Gasteiger partial charge in [-0.1, -0.05) is 5.16 Å². The summed E-state index contributed by atoms with van der Waals surface area (Å²) in [5.41, 5.74) is 0.662. The van der Waals surface area contributed by atoms with Crippen molar-refractivity contribution in [1.82, 2.24) is 0 Å². The Morgan fingerprint density at radius 3 is 2.58 bits per heavy atom. The summed E-state index contributed by atoms with van der Waals surface area (Å²) in [6, 6.07) is 0. The second-order valence-electron chi connectivity index (χ2n) is 3.87. The van der Waals surface area contributed by atoms with Gasteiger partial charge in [-0.2, -0.15) is 0 Å². The molecule has 0 saturated heterocycles. The maximum Gasteiger partial charge on any atom is 0.374 e. The van der Waals surface area contributed by atoms with Gasteiger partial charge in [-0.25, -0.2) is 0 Å². The average molecular weight is 293 g/mol. The molecule has 1 aliphatic heterocycles. The lowest BCUT2D eigenvalue weighted by Crippen LogP contribution is -2.14. The van der Waals surface area contributed by atoms with Crippen LogP contribution in [0.5, 0.6) is 0 Å². The molecular weight excluding hydrogens is 273 g/mol. The Balaban J connectivity index is 2.52. The van der Waals surface area contributed by atoms with Crippen molar-refractivity contribution in [1.29, 1.82) is 0 Å². The fraction of sp³-hybridized carbons (Fsp3) is 0.818. The van der Waals surface area contributed by atoms with Crippen LogP contribution in [0.3, 0.4) is 0 Å². The van der Waals surface area contributed by atoms with E-state index in [1.54, 1.807) is 13.8 Å². The van der Waals surface area contributed by atoms with Crippen LogP contribution in [0, 0.1) is 0 Å². The largest absolute Gasteiger partial charge is 0.469 e. The van der Waals surface area contributed by atoms with Gasteiger partial charge >= 0.3 is 13.6 Å². The van der Waals surface area contributed by atoms with Crippen LogP contribution in [0.1, 0.15) is 33.1 Å². The van der Waals surface area contributed by atoms with E-state index < -0.39 is 13.4 Å². The number of hydrogen-bond donors (Lipinski definition) is 0. The van der Waals surface area contributed by atoms with Gasteiger partial charge in [-0.05, 0) is 20.3 Å². The highest BCUT2D eigenvalue weighted by Gasteiger charge is 2.41. The van der Waals surface area contributed by atoms with Gasteiger partial charge in [-0.15, -0.1) is 0 Å². The second kappa shape index (κ2) is 7.62. The Hall–Kier alpha value is -0.910. The molecule has 0 radical (unpaired) electrons. The maximum absolute atomic E-state index is 12.4. The third kappa shape index (κ3) is 4.60. The number of hydrogen-bond acceptors (Lipinski definition) is 7. The molecule has 0 unspecified atom stereocenters. The topological polar surface area (TPSA) is 83.4 Å². The highest BCUT2D eigenvalue weighted by molar-refractivity contribution is 7.54. The predicted octanol–water partition coefficient (Wildman–Crippen LogP) is 2.31. The number of carbonyl (C=O) groups excluding carboxylic acids is 1. The molecular formula is C11H20NO6P. The smallest absolute Gasteiger partial charge is 0.374 e. The van der Waals surface area contributed by atoms with Crippen LogP contribution in [0.4, 0.5) is 0 Å². The highest BCUT2D eigenvalue weighted by Crippen LogP contribution is 2.56. The molecule has 0 aliphatic carbocycles. The molecule has 0 aromatic rings. The molecule has 1 heterocycles. The van der Waals surface area contributed by atoms with E-state index in [1.807, 2.05) is 0 Å². The molecule has 0 amide bonds. The monoisotopic (exact) mass is 293 g/mol. The first-order chi connectivity index (χ1) is 9.05. The first-order valence-electron chi connectivity index (χ1n) is 6.22. The van der Waals surface area contributed by atoms with Gasteiger partial charge in [0.25, 0.3) is 0 Å². The summed E-state index contributed by atoms with van der Waals surface area (Å²) < 4.78 is 27.3. The van der Waals surface area contributed by atoms with Crippen molar-refractivity contribution in [2.45, 2.75) is 39.0 Å². The Kier molecular flexibility index (Phi) is 6.48. The number of oxime groups is 1. The zero-order valence-corrected chi connectivity index (χ0v) is 12.4. The highest BCUT2D eigenvalue weighted by atomic mass is 31.2. The third-order valence-electron chi connectivity index (χ3n) is 2.53. The lowest BCUT2D eigenvalue weighted by molar-refractivity contribution is -0.140. The van der Waals surface area contributed by atoms with Crippen LogP contribution in [0.25, 0.3) is 0 Å². The van der Waals surface area contributed by atoms with Crippen molar-refractivity contribution in [2.75, 3.05) is 20.3 Å². The van der Waals surface area contributed by atoms with Crippen LogP contribution in [0.2, 0.25) is 0 Å². The second-order valence-corrected chi connectivity index (χ2v) is 6.05. The van der Waals surface area contributed by atoms with Crippen LogP contribution in [-0.4, -0.2) is 37.8 Å². The molecule has 0 aromatic carbocycles. The van der Waals surface area contributed by atoms with E-state index in [0.29, 0.717) is 18.6 Å². The number of nitrogens with zero attached hydrogens (tertiary/aromatic N) is 1. The summed E-state index contributed by atoms with van der Waals surface area (Å²) in [6.07, 6.45) is 0.981. The zero-order valence-electron chi connectivity index (χ0n) is 11.5. The first-order valence-corrected chi connectivity index (χ1v) is 7.84. The minimum atomic E-state index is -3.31. The summed E-state index contributed by atoms with van der Waals surface area (Å²) in [5.74, 6) is -1.04. The average Bonchev–Trinajstić information content (AvgIpc) is 2.86. The summed E-state index contributed by atoms with van der Waals surface area (Å²) in [5, 5.41) is 3.83. The summed E-state index contributed by atoms with van der Waals surface area (Å²) in [6.45, 7) is 4.02. The van der Waals surface area contributed by atoms with E-state index in [2.05, 4.69) is 9.89 Å². The predicted molar refractivity (Wildman–Crippen MR) is 69.0 cm³/mol. The SMILES string of the molecule is CCOP(=O)(OCC)[C@H]1CC(CCC(=O)OC)=NO1. The molecule has 0 aromatic heterocycles. The first kappa shape index (κ1) is 16.1. The van der Waals surface area contributed by atoms with Crippen molar-refractivity contribution in [3.8, 4) is 0 Å². The summed E-state index contributed by atoms with van der Waals surface area (Å²) in [7, 11) is -1.98. The Bertz CT molecular complexity index is 373. The van der Waals surface area contributed by atoms with E-state index in [9.17, 15) is 9.36 Å². The van der Waals surface area contributed by atoms with Gasteiger partial charge in [0, 0.05) is 6.42 Å². The number of rotatable bonds is 8. The van der Waals surface area contributed by atoms with Gasteiger partial charge in [0.1, 0.15) is 0 Å². The van der Waals surface area contributed by atoms with Crippen LogP contribution in [0.15, 0.2) is 5.16 Å². The van der Waals surface area contributed by atoms with Gasteiger partial charge in [0.2, 0.25) is 5.85 Å². The fourth-order valence-electron chi connectivity index (χ4n) is 1.64. The standard InChI is InChI=1S/C11H20NO6P/c1-4-16-19(14,17-5-2)11-8-9(12-18-11)6-7-10(13)15-3/h11H,4-8H2,1-3H3/t11-/m0/s1. The molecule has 0 N–H and O–H groups in total. The van der Waals surface area contributed by atoms with Gasteiger partial charge in [0.05, 0.1) is 32.5 Å². The molecule has 19 heavy (non-hydrogen) atoms. The van der Waals surface area contributed by atoms with E-state index in [4.69, 9.17) is 13.9 Å². The number of methoxy groups -OCH3 is 1. The normalized spacial score (nSPS) is 18.9. The van der Waals surface area contributed by atoms with Crippen molar-refractivity contribution in [3.63, 3.8) is 0 Å². The molecule has 0 saturated carbocycles. The quantitative estimate of drug-likeness (QED) is 0.504. The van der Waals surface area contributed by atoms with Crippen molar-refractivity contribution in [2.24, 2.45) is 5.16 Å².